The SMILES string of the molecule is CCCC[C@H](NC(=O)[C@H](C)NC(=O)[C@H](Cc1ccccc1)NC(=O)c1ccccc1)C(=O)C(=O)NCc1ccc2c(c1)OCO2. The number of carbonyl (C=O) groups excluding carboxylic acids is 5. The van der Waals surface area contributed by atoms with Crippen molar-refractivity contribution in [1.29, 1.82) is 0 Å². The summed E-state index contributed by atoms with van der Waals surface area (Å²) in [6.45, 7) is 3.62. The Morgan fingerprint density at radius 3 is 2.16 bits per heavy atom. The normalized spacial score (nSPS) is 13.6. The first-order valence-electron chi connectivity index (χ1n) is 15.0. The third-order valence-electron chi connectivity index (χ3n) is 7.29. The topological polar surface area (TPSA) is 152 Å². The highest BCUT2D eigenvalue weighted by atomic mass is 16.7. The molecule has 0 bridgehead atoms. The van der Waals surface area contributed by atoms with Gasteiger partial charge in [0.05, 0.1) is 6.04 Å². The number of benzene rings is 3. The van der Waals surface area contributed by atoms with Crippen molar-refractivity contribution >= 4 is 29.4 Å². The molecule has 236 valence electrons. The second-order valence-corrected chi connectivity index (χ2v) is 10.8. The van der Waals surface area contributed by atoms with Crippen molar-refractivity contribution in [1.82, 2.24) is 21.3 Å². The van der Waals surface area contributed by atoms with Crippen LogP contribution in [0.25, 0.3) is 0 Å². The molecule has 1 aliphatic heterocycles. The monoisotopic (exact) mass is 614 g/mol. The number of rotatable bonds is 15. The summed E-state index contributed by atoms with van der Waals surface area (Å²) in [5.74, 6) is -2.08. The van der Waals surface area contributed by atoms with Crippen LogP contribution in [0.3, 0.4) is 0 Å². The van der Waals surface area contributed by atoms with Gasteiger partial charge in [0.25, 0.3) is 11.8 Å². The lowest BCUT2D eigenvalue weighted by Crippen LogP contribution is -2.56. The van der Waals surface area contributed by atoms with Crippen LogP contribution in [0.5, 0.6) is 11.5 Å². The van der Waals surface area contributed by atoms with Gasteiger partial charge in [0, 0.05) is 18.5 Å². The molecule has 0 radical (unpaired) electrons. The number of fused-ring (bicyclic) bond motifs is 1. The Morgan fingerprint density at radius 2 is 1.44 bits per heavy atom. The van der Waals surface area contributed by atoms with Crippen molar-refractivity contribution in [3.8, 4) is 11.5 Å². The van der Waals surface area contributed by atoms with Gasteiger partial charge in [-0.2, -0.15) is 0 Å². The van der Waals surface area contributed by atoms with Crippen molar-refractivity contribution in [2.24, 2.45) is 0 Å². The lowest BCUT2D eigenvalue weighted by atomic mass is 10.0. The van der Waals surface area contributed by atoms with Crippen molar-refractivity contribution in [3.05, 3.63) is 95.6 Å². The van der Waals surface area contributed by atoms with Crippen LogP contribution in [0.1, 0.15) is 54.6 Å². The fourth-order valence-electron chi connectivity index (χ4n) is 4.72. The number of carbonyl (C=O) groups is 5. The Bertz CT molecular complexity index is 1500. The van der Waals surface area contributed by atoms with Gasteiger partial charge in [-0.1, -0.05) is 74.4 Å². The Labute approximate surface area is 262 Å². The minimum absolute atomic E-state index is 0.0830. The van der Waals surface area contributed by atoms with Gasteiger partial charge < -0.3 is 30.7 Å². The number of ketones is 1. The predicted molar refractivity (Wildman–Crippen MR) is 166 cm³/mol. The zero-order valence-electron chi connectivity index (χ0n) is 25.3. The first kappa shape index (κ1) is 32.7. The van der Waals surface area contributed by atoms with E-state index in [4.69, 9.17) is 9.47 Å². The first-order chi connectivity index (χ1) is 21.7. The predicted octanol–water partition coefficient (Wildman–Crippen LogP) is 2.82. The van der Waals surface area contributed by atoms with Crippen LogP contribution >= 0.6 is 0 Å². The number of nitrogens with one attached hydrogen (secondary N) is 4. The molecule has 45 heavy (non-hydrogen) atoms. The number of hydrogen-bond acceptors (Lipinski definition) is 7. The summed E-state index contributed by atoms with van der Waals surface area (Å²) in [6, 6.07) is 19.8. The van der Waals surface area contributed by atoms with Gasteiger partial charge in [0.1, 0.15) is 12.1 Å². The maximum Gasteiger partial charge on any atom is 0.289 e. The average molecular weight is 615 g/mol. The van der Waals surface area contributed by atoms with E-state index in [1.54, 1.807) is 48.5 Å². The second kappa shape index (κ2) is 16.0. The van der Waals surface area contributed by atoms with Crippen LogP contribution in [0, 0.1) is 0 Å². The molecule has 3 aromatic carbocycles. The molecule has 3 atom stereocenters. The molecule has 0 aromatic heterocycles. The van der Waals surface area contributed by atoms with E-state index < -0.39 is 47.5 Å². The third-order valence-corrected chi connectivity index (χ3v) is 7.29. The van der Waals surface area contributed by atoms with Crippen molar-refractivity contribution < 1.29 is 33.4 Å². The minimum atomic E-state index is -1.08. The second-order valence-electron chi connectivity index (χ2n) is 10.8. The summed E-state index contributed by atoms with van der Waals surface area (Å²) in [4.78, 5) is 65.3. The molecule has 0 fully saturated rings. The van der Waals surface area contributed by atoms with Crippen LogP contribution in [-0.2, 0) is 32.1 Å². The number of amides is 4. The van der Waals surface area contributed by atoms with Gasteiger partial charge in [-0.15, -0.1) is 0 Å². The highest BCUT2D eigenvalue weighted by Crippen LogP contribution is 2.32. The van der Waals surface area contributed by atoms with E-state index >= 15 is 0 Å². The van der Waals surface area contributed by atoms with Gasteiger partial charge >= 0.3 is 0 Å². The van der Waals surface area contributed by atoms with Crippen molar-refractivity contribution in [2.45, 2.75) is 64.2 Å². The standard InChI is InChI=1S/C34H38N4O7/c1-3-4-15-26(30(39)34(43)35-20-24-16-17-28-29(19-24)45-21-44-28)37-31(40)22(2)36-33(42)27(18-23-11-7-5-8-12-23)38-32(41)25-13-9-6-10-14-25/h5-14,16-17,19,22,26-27H,3-4,15,18,20-21H2,1-2H3,(H,35,43)(H,36,42)(H,37,40)(H,38,41)/t22-,26-,27-/m0/s1. The highest BCUT2D eigenvalue weighted by Gasteiger charge is 2.30. The Hall–Kier alpha value is -5.19. The number of hydrogen-bond donors (Lipinski definition) is 4. The van der Waals surface area contributed by atoms with Gasteiger partial charge in [0.2, 0.25) is 24.4 Å². The lowest BCUT2D eigenvalue weighted by molar-refractivity contribution is -0.140. The molecule has 11 nitrogen and oxygen atoms in total. The molecule has 4 N–H and O–H groups in total. The summed E-state index contributed by atoms with van der Waals surface area (Å²) >= 11 is 0. The molecule has 1 aliphatic rings. The Balaban J connectivity index is 1.37. The van der Waals surface area contributed by atoms with Crippen LogP contribution in [-0.4, -0.2) is 54.3 Å². The minimum Gasteiger partial charge on any atom is -0.454 e. The maximum absolute atomic E-state index is 13.4. The van der Waals surface area contributed by atoms with Crippen LogP contribution in [0.4, 0.5) is 0 Å². The quantitative estimate of drug-likeness (QED) is 0.192. The van der Waals surface area contributed by atoms with Gasteiger partial charge in [0.15, 0.2) is 11.5 Å². The summed E-state index contributed by atoms with van der Waals surface area (Å²) in [5.41, 5.74) is 1.93. The molecule has 0 unspecified atom stereocenters. The van der Waals surface area contributed by atoms with Crippen LogP contribution in [0.15, 0.2) is 78.9 Å². The molecule has 3 aromatic rings. The lowest BCUT2D eigenvalue weighted by Gasteiger charge is -2.23. The molecule has 11 heteroatoms. The Morgan fingerprint density at radius 1 is 0.756 bits per heavy atom. The van der Waals surface area contributed by atoms with E-state index in [9.17, 15) is 24.0 Å². The largest absolute Gasteiger partial charge is 0.454 e. The molecule has 4 rings (SSSR count). The number of ether oxygens (including phenoxy) is 2. The molecular weight excluding hydrogens is 576 g/mol. The van der Waals surface area contributed by atoms with Gasteiger partial charge in [-0.05, 0) is 48.7 Å². The first-order valence-corrected chi connectivity index (χ1v) is 15.0. The molecule has 0 aliphatic carbocycles. The fourth-order valence-corrected chi connectivity index (χ4v) is 4.72. The summed E-state index contributed by atoms with van der Waals surface area (Å²) < 4.78 is 10.6. The van der Waals surface area contributed by atoms with E-state index in [0.29, 0.717) is 23.5 Å². The number of Topliss-reactive ketones (excluding diaryl/α,β-unsaturated/α-hetero) is 1. The molecule has 0 saturated heterocycles. The van der Waals surface area contributed by atoms with E-state index in [2.05, 4.69) is 21.3 Å². The number of unbranched alkanes of at least 4 members (excludes halogenated alkanes) is 1. The molecule has 1 heterocycles. The molecule has 0 spiro atoms. The summed E-state index contributed by atoms with van der Waals surface area (Å²) in [5, 5.41) is 10.7. The zero-order chi connectivity index (χ0) is 32.2. The van der Waals surface area contributed by atoms with E-state index in [1.165, 1.54) is 6.92 Å². The molecular formula is C34H38N4O7. The summed E-state index contributed by atoms with van der Waals surface area (Å²) in [7, 11) is 0. The molecule has 0 saturated carbocycles. The average Bonchev–Trinajstić information content (AvgIpc) is 3.53. The molecule has 4 amide bonds. The van der Waals surface area contributed by atoms with Gasteiger partial charge in [-0.25, -0.2) is 0 Å². The van der Waals surface area contributed by atoms with E-state index in [0.717, 1.165) is 17.5 Å². The van der Waals surface area contributed by atoms with Crippen molar-refractivity contribution in [2.75, 3.05) is 6.79 Å². The highest BCUT2D eigenvalue weighted by molar-refractivity contribution is 6.38. The van der Waals surface area contributed by atoms with Crippen LogP contribution in [0.2, 0.25) is 0 Å². The van der Waals surface area contributed by atoms with Gasteiger partial charge in [-0.3, -0.25) is 24.0 Å². The Kier molecular flexibility index (Phi) is 11.7. The third kappa shape index (κ3) is 9.40. The van der Waals surface area contributed by atoms with E-state index in [1.807, 2.05) is 37.3 Å². The zero-order valence-corrected chi connectivity index (χ0v) is 25.3. The summed E-state index contributed by atoms with van der Waals surface area (Å²) in [6.07, 6.45) is 1.79. The maximum atomic E-state index is 13.4. The van der Waals surface area contributed by atoms with Crippen LogP contribution < -0.4 is 30.7 Å². The van der Waals surface area contributed by atoms with E-state index in [-0.39, 0.29) is 26.2 Å². The smallest absolute Gasteiger partial charge is 0.289 e. The van der Waals surface area contributed by atoms with Crippen molar-refractivity contribution in [3.63, 3.8) is 0 Å². The fraction of sp³-hybridized carbons (Fsp3) is 0.324.